The molecule has 3 atom stereocenters. The number of amides is 1. The number of allylic oxidation sites excluding steroid dienone is 4. The van der Waals surface area contributed by atoms with Crippen LogP contribution in [0.4, 0.5) is 0 Å². The first-order chi connectivity index (χ1) is 17.5. The summed E-state index contributed by atoms with van der Waals surface area (Å²) in [5, 5.41) is 12.3. The molecule has 0 aromatic heterocycles. The van der Waals surface area contributed by atoms with Crippen molar-refractivity contribution in [2.75, 3.05) is 0 Å². The molecule has 2 aromatic carbocycles. The number of benzene rings is 2. The Kier molecular flexibility index (Phi) is 7.42. The number of rotatable bonds is 6. The highest BCUT2D eigenvalue weighted by atomic mass is 32.2. The topological polar surface area (TPSA) is 57.1 Å². The van der Waals surface area contributed by atoms with E-state index in [4.69, 9.17) is 10.1 Å². The monoisotopic (exact) mass is 498 g/mol. The number of nitrogens with one attached hydrogen (secondary N) is 1. The first-order valence-corrected chi connectivity index (χ1v) is 13.8. The fourth-order valence-corrected chi connectivity index (χ4v) is 6.08. The molecule has 1 N–H and O–H groups in total. The molecule has 2 heterocycles. The highest BCUT2D eigenvalue weighted by Gasteiger charge is 2.40. The van der Waals surface area contributed by atoms with Crippen LogP contribution in [0.3, 0.4) is 0 Å². The van der Waals surface area contributed by atoms with E-state index in [-0.39, 0.29) is 18.0 Å². The number of nitrogens with zero attached hydrogens (tertiary/aromatic N) is 3. The van der Waals surface area contributed by atoms with E-state index in [1.807, 2.05) is 47.5 Å². The average molecular weight is 499 g/mol. The summed E-state index contributed by atoms with van der Waals surface area (Å²) in [6.07, 6.45) is 8.79. The third-order valence-electron chi connectivity index (χ3n) is 7.16. The van der Waals surface area contributed by atoms with Crippen LogP contribution in [0.25, 0.3) is 5.70 Å². The number of carbonyl (C=O) groups is 1. The second-order valence-electron chi connectivity index (χ2n) is 10.2. The summed E-state index contributed by atoms with van der Waals surface area (Å²) in [6.45, 7) is 6.64. The van der Waals surface area contributed by atoms with Gasteiger partial charge in [0.25, 0.3) is 5.91 Å². The zero-order valence-corrected chi connectivity index (χ0v) is 22.1. The molecule has 5 rings (SSSR count). The van der Waals surface area contributed by atoms with Crippen molar-refractivity contribution in [3.8, 4) is 0 Å². The first kappa shape index (κ1) is 24.6. The molecule has 2 aliphatic heterocycles. The van der Waals surface area contributed by atoms with E-state index in [0.29, 0.717) is 16.8 Å². The van der Waals surface area contributed by atoms with Crippen LogP contribution in [0.15, 0.2) is 88.0 Å². The summed E-state index contributed by atoms with van der Waals surface area (Å²) in [7, 11) is 0. The molecule has 5 nitrogen and oxygen atoms in total. The maximum atomic E-state index is 13.4. The first-order valence-electron chi connectivity index (χ1n) is 12.8. The van der Waals surface area contributed by atoms with Gasteiger partial charge in [-0.05, 0) is 57.1 Å². The van der Waals surface area contributed by atoms with E-state index in [9.17, 15) is 4.79 Å². The summed E-state index contributed by atoms with van der Waals surface area (Å²) < 4.78 is 0. The Labute approximate surface area is 217 Å². The fraction of sp³-hybridized carbons (Fsp3) is 0.367. The van der Waals surface area contributed by atoms with Crippen molar-refractivity contribution in [1.29, 1.82) is 0 Å². The maximum Gasteiger partial charge on any atom is 0.276 e. The Balaban J connectivity index is 1.44. The average Bonchev–Trinajstić information content (AvgIpc) is 2.87. The summed E-state index contributed by atoms with van der Waals surface area (Å²) in [5.74, 6) is 1.39. The van der Waals surface area contributed by atoms with Gasteiger partial charge < -0.3 is 0 Å². The van der Waals surface area contributed by atoms with Crippen LogP contribution in [0.2, 0.25) is 0 Å². The van der Waals surface area contributed by atoms with E-state index in [1.165, 1.54) is 16.7 Å². The standard InChI is InChI=1S/C30H34N4OS/c1-20(2)10-9-13-22-16-17-24(21(3)18-22)28-31-26-15-8-7-14-25(26)27-29(35)32-30(33-34(27)28)36-19-23-11-5-4-6-12-23/h4-8,10-12,14-16,21,24,28H,9,13,17-19H2,1-3H3,(H,32,33,35)/t21-,24-,28+/m0/s1. The molecular formula is C30H34N4OS. The number of hydrazone groups is 1. The molecule has 0 bridgehead atoms. The Bertz CT molecular complexity index is 1340. The van der Waals surface area contributed by atoms with Crippen LogP contribution >= 0.6 is 11.8 Å². The van der Waals surface area contributed by atoms with E-state index >= 15 is 0 Å². The summed E-state index contributed by atoms with van der Waals surface area (Å²) in [5.41, 5.74) is 4.73. The molecule has 0 saturated carbocycles. The van der Waals surface area contributed by atoms with Gasteiger partial charge in [0.1, 0.15) is 11.9 Å². The van der Waals surface area contributed by atoms with Crippen LogP contribution < -0.4 is 15.9 Å². The second-order valence-corrected chi connectivity index (χ2v) is 11.1. The van der Waals surface area contributed by atoms with Crippen molar-refractivity contribution in [1.82, 2.24) is 10.3 Å². The lowest BCUT2D eigenvalue weighted by Gasteiger charge is -2.41. The molecule has 2 aromatic rings. The van der Waals surface area contributed by atoms with Crippen molar-refractivity contribution in [2.24, 2.45) is 21.9 Å². The van der Waals surface area contributed by atoms with E-state index in [2.05, 4.69) is 50.4 Å². The van der Waals surface area contributed by atoms with Gasteiger partial charge in [0, 0.05) is 16.9 Å². The van der Waals surface area contributed by atoms with Crippen LogP contribution in [-0.4, -0.2) is 22.2 Å². The largest absolute Gasteiger partial charge is 0.298 e. The van der Waals surface area contributed by atoms with Gasteiger partial charge in [0.05, 0.1) is 5.36 Å². The summed E-state index contributed by atoms with van der Waals surface area (Å²) in [6, 6.07) is 18.2. The van der Waals surface area contributed by atoms with E-state index in [0.717, 1.165) is 42.0 Å². The van der Waals surface area contributed by atoms with Gasteiger partial charge in [0.2, 0.25) is 0 Å². The Morgan fingerprint density at radius 3 is 2.69 bits per heavy atom. The van der Waals surface area contributed by atoms with Crippen LogP contribution in [0, 0.1) is 11.8 Å². The van der Waals surface area contributed by atoms with Crippen LogP contribution in [0.1, 0.15) is 52.0 Å². The zero-order chi connectivity index (χ0) is 25.1. The third-order valence-corrected chi connectivity index (χ3v) is 8.09. The molecule has 0 spiro atoms. The Hall–Kier alpha value is -3.12. The second kappa shape index (κ2) is 10.9. The molecule has 6 heteroatoms. The smallest absolute Gasteiger partial charge is 0.276 e. The van der Waals surface area contributed by atoms with Crippen molar-refractivity contribution >= 4 is 28.5 Å². The molecular weight excluding hydrogens is 464 g/mol. The van der Waals surface area contributed by atoms with E-state index < -0.39 is 0 Å². The molecule has 1 amide bonds. The molecule has 36 heavy (non-hydrogen) atoms. The van der Waals surface area contributed by atoms with Gasteiger partial charge >= 0.3 is 0 Å². The molecule has 0 radical (unpaired) electrons. The minimum Gasteiger partial charge on any atom is -0.298 e. The lowest BCUT2D eigenvalue weighted by molar-refractivity contribution is -0.116. The Morgan fingerprint density at radius 2 is 1.92 bits per heavy atom. The minimum absolute atomic E-state index is 0.102. The quantitative estimate of drug-likeness (QED) is 0.563. The van der Waals surface area contributed by atoms with Crippen molar-refractivity contribution in [3.63, 3.8) is 0 Å². The summed E-state index contributed by atoms with van der Waals surface area (Å²) >= 11 is 1.56. The number of thioether (sulfide) groups is 1. The fourth-order valence-electron chi connectivity index (χ4n) is 5.27. The number of hydrogen-bond donors (Lipinski definition) is 1. The number of fused-ring (bicyclic) bond motifs is 2. The van der Waals surface area contributed by atoms with Gasteiger partial charge in [-0.2, -0.15) is 0 Å². The molecule has 3 aliphatic rings. The van der Waals surface area contributed by atoms with Gasteiger partial charge in [-0.3, -0.25) is 15.1 Å². The number of carbonyl (C=O) groups excluding carboxylic acids is 1. The van der Waals surface area contributed by atoms with Gasteiger partial charge in [-0.15, -0.1) is 5.10 Å². The van der Waals surface area contributed by atoms with Crippen molar-refractivity contribution < 1.29 is 4.79 Å². The molecule has 0 fully saturated rings. The molecule has 1 aliphatic carbocycles. The zero-order valence-electron chi connectivity index (χ0n) is 21.3. The third kappa shape index (κ3) is 5.34. The normalized spacial score (nSPS) is 23.0. The number of para-hydroxylation sites is 1. The predicted molar refractivity (Wildman–Crippen MR) is 148 cm³/mol. The number of amidine groups is 1. The summed E-state index contributed by atoms with van der Waals surface area (Å²) in [4.78, 5) is 18.6. The van der Waals surface area contributed by atoms with Crippen LogP contribution in [-0.2, 0) is 10.5 Å². The van der Waals surface area contributed by atoms with Crippen molar-refractivity contribution in [3.05, 3.63) is 94.0 Å². The van der Waals surface area contributed by atoms with E-state index in [1.54, 1.807) is 11.8 Å². The molecule has 186 valence electrons. The molecule has 0 saturated heterocycles. The van der Waals surface area contributed by atoms with Crippen LogP contribution in [0.5, 0.6) is 0 Å². The van der Waals surface area contributed by atoms with Gasteiger partial charge in [-0.1, -0.05) is 90.5 Å². The lowest BCUT2D eigenvalue weighted by atomic mass is 9.77. The highest BCUT2D eigenvalue weighted by molar-refractivity contribution is 8.13. The number of hydrogen-bond acceptors (Lipinski definition) is 5. The SMILES string of the molecule is CC(C)=CCCC1=CC[C@H]([C@@H]2N=c3ccccc3=C3C(=O)NC(SCc4ccccc4)=NN32)[C@@H](C)C1. The Morgan fingerprint density at radius 1 is 1.14 bits per heavy atom. The maximum absolute atomic E-state index is 13.4. The van der Waals surface area contributed by atoms with Gasteiger partial charge in [0.15, 0.2) is 5.17 Å². The van der Waals surface area contributed by atoms with Crippen molar-refractivity contribution in [2.45, 2.75) is 58.4 Å². The minimum atomic E-state index is -0.196. The van der Waals surface area contributed by atoms with Gasteiger partial charge in [-0.25, -0.2) is 5.01 Å². The predicted octanol–water partition coefficient (Wildman–Crippen LogP) is 5.11. The lowest BCUT2D eigenvalue weighted by Crippen LogP contribution is -2.55. The highest BCUT2D eigenvalue weighted by Crippen LogP contribution is 2.38. The molecule has 0 unspecified atom stereocenters.